The van der Waals surface area contributed by atoms with Gasteiger partial charge in [-0.05, 0) is 45.1 Å². The highest BCUT2D eigenvalue weighted by Crippen LogP contribution is 2.42. The summed E-state index contributed by atoms with van der Waals surface area (Å²) in [6.45, 7) is 3.13. The molecule has 1 aliphatic heterocycles. The van der Waals surface area contributed by atoms with Crippen LogP contribution >= 0.6 is 11.6 Å². The zero-order chi connectivity index (χ0) is 25.9. The van der Waals surface area contributed by atoms with Crippen LogP contribution < -0.4 is 5.73 Å². The van der Waals surface area contributed by atoms with Crippen molar-refractivity contribution in [3.63, 3.8) is 0 Å². The first-order chi connectivity index (χ1) is 17.2. The molecule has 2 fully saturated rings. The molecule has 0 bridgehead atoms. The van der Waals surface area contributed by atoms with Crippen molar-refractivity contribution in [2.75, 3.05) is 33.4 Å². The molecule has 1 aromatic heterocycles. The van der Waals surface area contributed by atoms with E-state index in [2.05, 4.69) is 10.1 Å². The van der Waals surface area contributed by atoms with Crippen molar-refractivity contribution in [1.29, 1.82) is 0 Å². The number of nitrogens with two attached hydrogens (primary N) is 1. The number of carbonyl (C=O) groups excluding carboxylic acids is 1. The van der Waals surface area contributed by atoms with Gasteiger partial charge >= 0.3 is 0 Å². The van der Waals surface area contributed by atoms with E-state index in [1.807, 2.05) is 0 Å². The molecule has 2 aromatic rings. The van der Waals surface area contributed by atoms with E-state index in [1.54, 1.807) is 37.1 Å². The number of carbonyl (C=O) groups is 1. The number of morpholine rings is 1. The fourth-order valence-electron chi connectivity index (χ4n) is 5.26. The lowest BCUT2D eigenvalue weighted by atomic mass is 9.80. The van der Waals surface area contributed by atoms with E-state index in [4.69, 9.17) is 31.3 Å². The number of aliphatic hydroxyl groups excluding tert-OH is 1. The van der Waals surface area contributed by atoms with Gasteiger partial charge in [0.2, 0.25) is 5.91 Å². The summed E-state index contributed by atoms with van der Waals surface area (Å²) in [6.07, 6.45) is 1.12. The molecular formula is C25H35ClN4O6. The standard InChI is InChI=1S/C25H35ClN4O6/c1-15-28-23(36-29-15)22-17(6-5-7-18(22)26)25(33,8-3-4-10-34-2)21-14-30(9-11-35-21)24(32)16-12-19(27)20(31)13-16/h5-7,16,19-21,31,33H,3-4,8-14,27H2,1-2H3. The second kappa shape index (κ2) is 11.5. The number of benzene rings is 1. The number of hydrogen-bond acceptors (Lipinski definition) is 9. The lowest BCUT2D eigenvalue weighted by Gasteiger charge is -2.43. The van der Waals surface area contributed by atoms with Gasteiger partial charge in [0, 0.05) is 37.8 Å². The van der Waals surface area contributed by atoms with Gasteiger partial charge < -0.3 is 34.8 Å². The number of rotatable bonds is 9. The highest BCUT2D eigenvalue weighted by Gasteiger charge is 2.46. The quantitative estimate of drug-likeness (QED) is 0.421. The summed E-state index contributed by atoms with van der Waals surface area (Å²) in [5.74, 6) is 0.241. The molecule has 5 unspecified atom stereocenters. The van der Waals surface area contributed by atoms with Crippen LogP contribution in [0.2, 0.25) is 5.02 Å². The van der Waals surface area contributed by atoms with Crippen molar-refractivity contribution in [3.05, 3.63) is 34.6 Å². The zero-order valence-electron chi connectivity index (χ0n) is 20.7. The van der Waals surface area contributed by atoms with Crippen LogP contribution in [0.4, 0.5) is 0 Å². The van der Waals surface area contributed by atoms with Crippen LogP contribution in [0.5, 0.6) is 0 Å². The SMILES string of the molecule is COCCCCC(O)(c1cccc(Cl)c1-c1nc(C)no1)C1CN(C(=O)C2CC(N)C(O)C2)CCO1. The maximum Gasteiger partial charge on any atom is 0.259 e. The first-order valence-electron chi connectivity index (χ1n) is 12.4. The van der Waals surface area contributed by atoms with E-state index in [1.165, 1.54) is 0 Å². The molecule has 4 rings (SSSR count). The van der Waals surface area contributed by atoms with Gasteiger partial charge in [0.05, 0.1) is 29.8 Å². The Morgan fingerprint density at radius 2 is 2.17 bits per heavy atom. The van der Waals surface area contributed by atoms with E-state index in [0.717, 1.165) is 6.42 Å². The highest BCUT2D eigenvalue weighted by atomic mass is 35.5. The summed E-state index contributed by atoms with van der Waals surface area (Å²) in [4.78, 5) is 19.4. The van der Waals surface area contributed by atoms with Crippen LogP contribution in [-0.4, -0.2) is 82.8 Å². The molecule has 1 saturated heterocycles. The lowest BCUT2D eigenvalue weighted by molar-refractivity contribution is -0.167. The first kappa shape index (κ1) is 27.0. The number of amides is 1. The number of halogens is 1. The minimum Gasteiger partial charge on any atom is -0.391 e. The van der Waals surface area contributed by atoms with Gasteiger partial charge in [0.15, 0.2) is 5.82 Å². The number of hydrogen-bond donors (Lipinski definition) is 3. The van der Waals surface area contributed by atoms with Crippen LogP contribution in [0.3, 0.4) is 0 Å². The molecular weight excluding hydrogens is 488 g/mol. The van der Waals surface area contributed by atoms with Crippen molar-refractivity contribution >= 4 is 17.5 Å². The maximum absolute atomic E-state index is 13.3. The van der Waals surface area contributed by atoms with Crippen molar-refractivity contribution in [2.24, 2.45) is 11.7 Å². The number of aryl methyl sites for hydroxylation is 1. The maximum atomic E-state index is 13.3. The van der Waals surface area contributed by atoms with Crippen LogP contribution in [0, 0.1) is 12.8 Å². The van der Waals surface area contributed by atoms with Crippen molar-refractivity contribution < 1.29 is 29.0 Å². The van der Waals surface area contributed by atoms with Gasteiger partial charge in [-0.15, -0.1) is 0 Å². The van der Waals surface area contributed by atoms with E-state index in [9.17, 15) is 15.0 Å². The second-order valence-corrected chi connectivity index (χ2v) is 10.1. The molecule has 2 aliphatic rings. The van der Waals surface area contributed by atoms with Gasteiger partial charge in [0.25, 0.3) is 5.89 Å². The fraction of sp³-hybridized carbons (Fsp3) is 0.640. The summed E-state index contributed by atoms with van der Waals surface area (Å²) < 4.78 is 16.7. The molecule has 1 saturated carbocycles. The predicted octanol–water partition coefficient (Wildman–Crippen LogP) is 2.03. The molecule has 0 spiro atoms. The normalized spacial score (nSPS) is 26.2. The Balaban J connectivity index is 1.66. The van der Waals surface area contributed by atoms with Crippen LogP contribution in [0.15, 0.2) is 22.7 Å². The number of ether oxygens (including phenoxy) is 2. The summed E-state index contributed by atoms with van der Waals surface area (Å²) in [5, 5.41) is 26.6. The van der Waals surface area contributed by atoms with Crippen LogP contribution in [0.1, 0.15) is 43.5 Å². The zero-order valence-corrected chi connectivity index (χ0v) is 21.5. The third kappa shape index (κ3) is 5.58. The molecule has 198 valence electrons. The Morgan fingerprint density at radius 1 is 1.36 bits per heavy atom. The Labute approximate surface area is 215 Å². The topological polar surface area (TPSA) is 144 Å². The Hall–Kier alpha value is -2.08. The van der Waals surface area contributed by atoms with E-state index in [-0.39, 0.29) is 30.9 Å². The molecule has 11 heteroatoms. The number of methoxy groups -OCH3 is 1. The molecule has 36 heavy (non-hydrogen) atoms. The number of unbranched alkanes of at least 4 members (excludes halogenated alkanes) is 1. The molecule has 10 nitrogen and oxygen atoms in total. The monoisotopic (exact) mass is 522 g/mol. The Kier molecular flexibility index (Phi) is 8.64. The van der Waals surface area contributed by atoms with Crippen molar-refractivity contribution in [2.45, 2.75) is 62.9 Å². The van der Waals surface area contributed by atoms with Crippen LogP contribution in [-0.2, 0) is 19.9 Å². The molecule has 5 atom stereocenters. The largest absolute Gasteiger partial charge is 0.391 e. The van der Waals surface area contributed by atoms with Gasteiger partial charge in [-0.1, -0.05) is 28.9 Å². The second-order valence-electron chi connectivity index (χ2n) is 9.73. The van der Waals surface area contributed by atoms with Gasteiger partial charge in [-0.3, -0.25) is 4.79 Å². The summed E-state index contributed by atoms with van der Waals surface area (Å²) in [5.41, 5.74) is 5.41. The van der Waals surface area contributed by atoms with Crippen molar-refractivity contribution in [3.8, 4) is 11.5 Å². The lowest BCUT2D eigenvalue weighted by Crippen LogP contribution is -2.55. The average Bonchev–Trinajstić information content (AvgIpc) is 3.45. The molecule has 1 aliphatic carbocycles. The molecule has 0 radical (unpaired) electrons. The fourth-order valence-corrected chi connectivity index (χ4v) is 5.51. The number of aliphatic hydroxyl groups is 2. The van der Waals surface area contributed by atoms with Crippen LogP contribution in [0.25, 0.3) is 11.5 Å². The van der Waals surface area contributed by atoms with Crippen molar-refractivity contribution in [1.82, 2.24) is 15.0 Å². The Bertz CT molecular complexity index is 1040. The number of nitrogens with zero attached hydrogens (tertiary/aromatic N) is 3. The smallest absolute Gasteiger partial charge is 0.259 e. The minimum absolute atomic E-state index is 0.0733. The predicted molar refractivity (Wildman–Crippen MR) is 132 cm³/mol. The van der Waals surface area contributed by atoms with Gasteiger partial charge in [0.1, 0.15) is 11.7 Å². The molecule has 4 N–H and O–H groups in total. The van der Waals surface area contributed by atoms with E-state index in [0.29, 0.717) is 60.8 Å². The third-order valence-corrected chi connectivity index (χ3v) is 7.53. The molecule has 2 heterocycles. The molecule has 1 aromatic carbocycles. The highest BCUT2D eigenvalue weighted by molar-refractivity contribution is 6.33. The summed E-state index contributed by atoms with van der Waals surface area (Å²) in [6, 6.07) is 4.85. The van der Waals surface area contributed by atoms with Gasteiger partial charge in [-0.2, -0.15) is 4.98 Å². The van der Waals surface area contributed by atoms with E-state index < -0.39 is 23.9 Å². The first-order valence-corrected chi connectivity index (χ1v) is 12.8. The summed E-state index contributed by atoms with van der Waals surface area (Å²) in [7, 11) is 1.64. The minimum atomic E-state index is -1.50. The molecule has 1 amide bonds. The Morgan fingerprint density at radius 3 is 2.83 bits per heavy atom. The van der Waals surface area contributed by atoms with E-state index >= 15 is 0 Å². The summed E-state index contributed by atoms with van der Waals surface area (Å²) >= 11 is 6.59. The number of aromatic nitrogens is 2. The average molecular weight is 523 g/mol. The van der Waals surface area contributed by atoms with Gasteiger partial charge in [-0.25, -0.2) is 0 Å². The third-order valence-electron chi connectivity index (χ3n) is 7.21.